The summed E-state index contributed by atoms with van der Waals surface area (Å²) in [6.07, 6.45) is 3.80. The number of halogens is 1. The SMILES string of the molecule is CC(C)CCn1cc(I)c(C=O)n1. The lowest BCUT2D eigenvalue weighted by atomic mass is 10.1. The van der Waals surface area contributed by atoms with Gasteiger partial charge in [0.05, 0.1) is 3.57 Å². The van der Waals surface area contributed by atoms with Crippen LogP contribution in [0.25, 0.3) is 0 Å². The Kier molecular flexibility index (Phi) is 3.90. The molecule has 3 nitrogen and oxygen atoms in total. The Morgan fingerprint density at radius 2 is 2.38 bits per heavy atom. The number of aldehydes is 1. The molecule has 0 N–H and O–H groups in total. The first-order valence-electron chi connectivity index (χ1n) is 4.31. The van der Waals surface area contributed by atoms with Crippen LogP contribution in [-0.2, 0) is 6.54 Å². The molecule has 1 aromatic heterocycles. The van der Waals surface area contributed by atoms with Crippen LogP contribution in [0.1, 0.15) is 30.8 Å². The highest BCUT2D eigenvalue weighted by atomic mass is 127. The van der Waals surface area contributed by atoms with Gasteiger partial charge in [0.25, 0.3) is 0 Å². The third-order valence-corrected chi connectivity index (χ3v) is 2.62. The van der Waals surface area contributed by atoms with Crippen LogP contribution in [-0.4, -0.2) is 16.1 Å². The summed E-state index contributed by atoms with van der Waals surface area (Å²) in [5.74, 6) is 0.668. The van der Waals surface area contributed by atoms with E-state index in [4.69, 9.17) is 0 Å². The fraction of sp³-hybridized carbons (Fsp3) is 0.556. The van der Waals surface area contributed by atoms with Gasteiger partial charge in [0.2, 0.25) is 0 Å². The van der Waals surface area contributed by atoms with Gasteiger partial charge in [0, 0.05) is 12.7 Å². The first-order valence-corrected chi connectivity index (χ1v) is 5.39. The highest BCUT2D eigenvalue weighted by Crippen LogP contribution is 2.09. The van der Waals surface area contributed by atoms with E-state index in [-0.39, 0.29) is 0 Å². The van der Waals surface area contributed by atoms with Crippen LogP contribution in [0.4, 0.5) is 0 Å². The molecule has 1 aromatic rings. The molecule has 4 heteroatoms. The molecule has 1 rings (SSSR count). The molecule has 0 unspecified atom stereocenters. The zero-order valence-corrected chi connectivity index (χ0v) is 9.98. The summed E-state index contributed by atoms with van der Waals surface area (Å²) in [5.41, 5.74) is 0.546. The van der Waals surface area contributed by atoms with Gasteiger partial charge in [-0.1, -0.05) is 13.8 Å². The summed E-state index contributed by atoms with van der Waals surface area (Å²) in [5, 5.41) is 4.14. The van der Waals surface area contributed by atoms with Crippen LogP contribution in [0.15, 0.2) is 6.20 Å². The van der Waals surface area contributed by atoms with Crippen molar-refractivity contribution in [1.29, 1.82) is 0 Å². The van der Waals surface area contributed by atoms with Crippen molar-refractivity contribution in [3.8, 4) is 0 Å². The van der Waals surface area contributed by atoms with Crippen molar-refractivity contribution in [1.82, 2.24) is 9.78 Å². The molecule has 13 heavy (non-hydrogen) atoms. The topological polar surface area (TPSA) is 34.9 Å². The number of carbonyl (C=O) groups excluding carboxylic acids is 1. The van der Waals surface area contributed by atoms with Crippen LogP contribution in [0, 0.1) is 9.49 Å². The predicted octanol–water partition coefficient (Wildman–Crippen LogP) is 2.35. The summed E-state index contributed by atoms with van der Waals surface area (Å²) in [6.45, 7) is 5.24. The molecule has 0 fully saturated rings. The van der Waals surface area contributed by atoms with Gasteiger partial charge in [0.1, 0.15) is 5.69 Å². The predicted molar refractivity (Wildman–Crippen MR) is 59.8 cm³/mol. The summed E-state index contributed by atoms with van der Waals surface area (Å²) in [7, 11) is 0. The van der Waals surface area contributed by atoms with E-state index in [1.807, 2.05) is 10.9 Å². The van der Waals surface area contributed by atoms with Crippen LogP contribution in [0.2, 0.25) is 0 Å². The van der Waals surface area contributed by atoms with Crippen molar-refractivity contribution in [2.24, 2.45) is 5.92 Å². The van der Waals surface area contributed by atoms with Crippen LogP contribution < -0.4 is 0 Å². The Morgan fingerprint density at radius 3 is 2.85 bits per heavy atom. The van der Waals surface area contributed by atoms with E-state index in [1.54, 1.807) is 0 Å². The van der Waals surface area contributed by atoms with Crippen molar-refractivity contribution in [2.75, 3.05) is 0 Å². The van der Waals surface area contributed by atoms with Crippen LogP contribution in [0.5, 0.6) is 0 Å². The molecule has 72 valence electrons. The number of nitrogens with zero attached hydrogens (tertiary/aromatic N) is 2. The van der Waals surface area contributed by atoms with Crippen LogP contribution >= 0.6 is 22.6 Å². The molecule has 0 aliphatic rings. The van der Waals surface area contributed by atoms with Gasteiger partial charge in [0.15, 0.2) is 6.29 Å². The highest BCUT2D eigenvalue weighted by molar-refractivity contribution is 14.1. The Balaban J connectivity index is 2.63. The van der Waals surface area contributed by atoms with Crippen molar-refractivity contribution < 1.29 is 4.79 Å². The van der Waals surface area contributed by atoms with Crippen molar-refractivity contribution in [2.45, 2.75) is 26.8 Å². The Labute approximate surface area is 91.7 Å². The van der Waals surface area contributed by atoms with Gasteiger partial charge in [-0.2, -0.15) is 5.10 Å². The lowest BCUT2D eigenvalue weighted by molar-refractivity contribution is 0.111. The third kappa shape index (κ3) is 3.10. The van der Waals surface area contributed by atoms with Crippen molar-refractivity contribution in [3.05, 3.63) is 15.5 Å². The van der Waals surface area contributed by atoms with E-state index >= 15 is 0 Å². The molecule has 0 amide bonds. The lowest BCUT2D eigenvalue weighted by Crippen LogP contribution is -2.02. The van der Waals surface area contributed by atoms with Crippen LogP contribution in [0.3, 0.4) is 0 Å². The summed E-state index contributed by atoms with van der Waals surface area (Å²) in [6, 6.07) is 0. The van der Waals surface area contributed by atoms with E-state index in [0.717, 1.165) is 22.8 Å². The molecule has 0 spiro atoms. The van der Waals surface area contributed by atoms with Crippen molar-refractivity contribution in [3.63, 3.8) is 0 Å². The molecule has 0 aliphatic carbocycles. The average Bonchev–Trinajstić information content (AvgIpc) is 2.43. The van der Waals surface area contributed by atoms with E-state index < -0.39 is 0 Å². The monoisotopic (exact) mass is 292 g/mol. The smallest absolute Gasteiger partial charge is 0.171 e. The molecule has 0 bridgehead atoms. The minimum Gasteiger partial charge on any atom is -0.296 e. The number of rotatable bonds is 4. The summed E-state index contributed by atoms with van der Waals surface area (Å²) in [4.78, 5) is 10.5. The van der Waals surface area contributed by atoms with Gasteiger partial charge in [-0.15, -0.1) is 0 Å². The molecule has 0 aliphatic heterocycles. The number of hydrogen-bond acceptors (Lipinski definition) is 2. The first kappa shape index (κ1) is 10.7. The normalized spacial score (nSPS) is 10.8. The summed E-state index contributed by atoms with van der Waals surface area (Å²) >= 11 is 2.12. The zero-order valence-electron chi connectivity index (χ0n) is 7.83. The third-order valence-electron chi connectivity index (χ3n) is 1.79. The average molecular weight is 292 g/mol. The molecule has 1 heterocycles. The maximum absolute atomic E-state index is 10.5. The highest BCUT2D eigenvalue weighted by Gasteiger charge is 2.04. The number of aryl methyl sites for hydroxylation is 1. The Morgan fingerprint density at radius 1 is 1.69 bits per heavy atom. The number of hydrogen-bond donors (Lipinski definition) is 0. The van der Waals surface area contributed by atoms with Gasteiger partial charge in [-0.3, -0.25) is 9.48 Å². The molecule has 0 saturated carbocycles. The molecule has 0 aromatic carbocycles. The first-order chi connectivity index (χ1) is 6.13. The van der Waals surface area contributed by atoms with E-state index in [2.05, 4.69) is 41.5 Å². The van der Waals surface area contributed by atoms with Crippen molar-refractivity contribution >= 4 is 28.9 Å². The summed E-state index contributed by atoms with van der Waals surface area (Å²) < 4.78 is 2.77. The van der Waals surface area contributed by atoms with Gasteiger partial charge < -0.3 is 0 Å². The zero-order chi connectivity index (χ0) is 9.84. The maximum Gasteiger partial charge on any atom is 0.171 e. The minimum absolute atomic E-state index is 0.546. The number of aromatic nitrogens is 2. The quantitative estimate of drug-likeness (QED) is 0.630. The Bertz CT molecular complexity index is 294. The van der Waals surface area contributed by atoms with E-state index in [1.165, 1.54) is 0 Å². The fourth-order valence-electron chi connectivity index (χ4n) is 0.997. The second-order valence-electron chi connectivity index (χ2n) is 3.43. The molecule has 0 atom stereocenters. The molecule has 0 saturated heterocycles. The molecular weight excluding hydrogens is 279 g/mol. The number of carbonyl (C=O) groups is 1. The molecular formula is C9H13IN2O. The second-order valence-corrected chi connectivity index (χ2v) is 4.59. The minimum atomic E-state index is 0.546. The lowest BCUT2D eigenvalue weighted by Gasteiger charge is -2.03. The second kappa shape index (κ2) is 4.74. The van der Waals surface area contributed by atoms with E-state index in [9.17, 15) is 4.79 Å². The molecule has 0 radical (unpaired) electrons. The largest absolute Gasteiger partial charge is 0.296 e. The van der Waals surface area contributed by atoms with Gasteiger partial charge in [-0.25, -0.2) is 0 Å². The van der Waals surface area contributed by atoms with Gasteiger partial charge >= 0.3 is 0 Å². The Hall–Kier alpha value is -0.390. The maximum atomic E-state index is 10.5. The van der Waals surface area contributed by atoms with Gasteiger partial charge in [-0.05, 0) is 34.9 Å². The standard InChI is InChI=1S/C9H13IN2O/c1-7(2)3-4-12-5-8(10)9(6-13)11-12/h5-7H,3-4H2,1-2H3. The van der Waals surface area contributed by atoms with E-state index in [0.29, 0.717) is 11.6 Å². The fourth-order valence-corrected chi connectivity index (χ4v) is 1.55.